The van der Waals surface area contributed by atoms with Crippen molar-refractivity contribution >= 4 is 27.3 Å². The minimum atomic E-state index is 0. The summed E-state index contributed by atoms with van der Waals surface area (Å²) in [6, 6.07) is 82.0. The smallest absolute Gasteiger partial charge is 0 e. The van der Waals surface area contributed by atoms with Gasteiger partial charge in [0.25, 0.3) is 0 Å². The van der Waals surface area contributed by atoms with Gasteiger partial charge >= 0.3 is 0 Å². The van der Waals surface area contributed by atoms with Gasteiger partial charge in [-0.1, -0.05) is 0 Å². The van der Waals surface area contributed by atoms with Gasteiger partial charge in [-0.2, -0.15) is 127 Å². The maximum Gasteiger partial charge on any atom is 0 e. The molecule has 0 heterocycles. The van der Waals surface area contributed by atoms with E-state index in [0.29, 0.717) is 0 Å². The molecule has 8 rings (SSSR count). The van der Waals surface area contributed by atoms with E-state index in [1.165, 1.54) is 0 Å². The molecule has 4 radical (unpaired) electrons. The monoisotopic (exact) mass is 948 g/mol. The van der Waals surface area contributed by atoms with Gasteiger partial charge in [-0.15, -0.1) is 0 Å². The molecule has 8 aromatic rings. The first-order chi connectivity index (χ1) is 20.0. The second-order valence-corrected chi connectivity index (χ2v) is 7.42. The van der Waals surface area contributed by atoms with E-state index in [0.717, 1.165) is 0 Å². The van der Waals surface area contributed by atoms with E-state index in [1.54, 1.807) is 6.07 Å². The fourth-order valence-corrected chi connectivity index (χ4v) is 2.43. The standard InChI is InChI=1S/7C5H5.C5H.4Fe.Pb/c8*1-2-4-5-3-1;;;;;/h7*1-5H;1H;;;;;/q7*-1;-5;;;;;. The van der Waals surface area contributed by atoms with Crippen molar-refractivity contribution in [3.05, 3.63) is 243 Å². The van der Waals surface area contributed by atoms with E-state index >= 15 is 0 Å². The topological polar surface area (TPSA) is 0 Å². The first-order valence-electron chi connectivity index (χ1n) is 13.0. The van der Waals surface area contributed by atoms with Crippen LogP contribution >= 0.6 is 0 Å². The minimum absolute atomic E-state index is 0. The van der Waals surface area contributed by atoms with E-state index < -0.39 is 0 Å². The molecule has 5 heteroatoms. The number of rotatable bonds is 0. The SMILES string of the molecule is [Fe].[Fe].[Fe].[Fe].[Pb].[c-]1[c-][c-][cH-][c-]1.c1cc[cH-]c1.c1cc[cH-]c1.c1cc[cH-]c1.c1cc[cH-]c1.c1cc[cH-]c1.c1cc[cH-]c1.c1cc[cH-]c1. The van der Waals surface area contributed by atoms with Crippen LogP contribution in [0.25, 0.3) is 0 Å². The van der Waals surface area contributed by atoms with Crippen LogP contribution in [0.15, 0.2) is 218 Å². The zero-order chi connectivity index (χ0) is 28.3. The van der Waals surface area contributed by atoms with Gasteiger partial charge in [0, 0.05) is 95.6 Å². The molecule has 0 aliphatic rings. The van der Waals surface area contributed by atoms with Crippen molar-refractivity contribution < 1.29 is 68.3 Å². The van der Waals surface area contributed by atoms with Crippen molar-refractivity contribution in [3.8, 4) is 0 Å². The average Bonchev–Trinajstić information content (AvgIpc) is 3.95. The molecule has 0 N–H and O–H groups in total. The zero-order valence-corrected chi connectivity index (χ0v) is 33.0. The average molecular weight is 947 g/mol. The normalized spacial score (nSPS) is 7.11. The van der Waals surface area contributed by atoms with Crippen molar-refractivity contribution in [1.82, 2.24) is 0 Å². The van der Waals surface area contributed by atoms with Gasteiger partial charge in [-0.05, 0) is 0 Å². The van der Waals surface area contributed by atoms with Crippen LogP contribution in [0.5, 0.6) is 0 Å². The van der Waals surface area contributed by atoms with Crippen LogP contribution in [0.4, 0.5) is 0 Å². The van der Waals surface area contributed by atoms with Crippen molar-refractivity contribution in [2.24, 2.45) is 0 Å². The fraction of sp³-hybridized carbons (Fsp3) is 0. The summed E-state index contributed by atoms with van der Waals surface area (Å²) in [7, 11) is 0. The summed E-state index contributed by atoms with van der Waals surface area (Å²) in [6.07, 6.45) is 0. The quantitative estimate of drug-likeness (QED) is 0.105. The largest absolute Gasteiger partial charge is 0.999 e. The van der Waals surface area contributed by atoms with E-state index in [1.807, 2.05) is 212 Å². The maximum absolute atomic E-state index is 2.62. The molecule has 0 aromatic heterocycles. The minimum Gasteiger partial charge on any atom is -0.999 e. The molecular weight excluding hydrogens is 911 g/mol. The molecule has 0 bridgehead atoms. The number of hydrogen-bond donors (Lipinski definition) is 0. The molecule has 0 unspecified atom stereocenters. The van der Waals surface area contributed by atoms with Crippen molar-refractivity contribution in [1.29, 1.82) is 0 Å². The predicted octanol–water partition coefficient (Wildman–Crippen LogP) is 10.1. The van der Waals surface area contributed by atoms with Crippen LogP contribution in [0.3, 0.4) is 0 Å². The second-order valence-electron chi connectivity index (χ2n) is 7.42. The third-order valence-corrected chi connectivity index (χ3v) is 4.24. The molecular formula is C40H36Fe4Pb-12. The third kappa shape index (κ3) is 46.3. The van der Waals surface area contributed by atoms with Crippen LogP contribution in [0, 0.1) is 24.3 Å². The molecule has 244 valence electrons. The number of hydrogen-bond acceptors (Lipinski definition) is 0. The van der Waals surface area contributed by atoms with Gasteiger partial charge in [0.2, 0.25) is 0 Å². The predicted molar refractivity (Wildman–Crippen MR) is 177 cm³/mol. The summed E-state index contributed by atoms with van der Waals surface area (Å²) in [4.78, 5) is 0. The van der Waals surface area contributed by atoms with Gasteiger partial charge in [0.05, 0.1) is 0 Å². The van der Waals surface area contributed by atoms with Gasteiger partial charge in [0.1, 0.15) is 0 Å². The van der Waals surface area contributed by atoms with Gasteiger partial charge in [-0.3, -0.25) is 0 Å². The Morgan fingerprint density at radius 3 is 0.422 bits per heavy atom. The molecule has 0 amide bonds. The zero-order valence-electron chi connectivity index (χ0n) is 24.7. The van der Waals surface area contributed by atoms with Crippen LogP contribution in [-0.2, 0) is 68.3 Å². The molecule has 0 nitrogen and oxygen atoms in total. The van der Waals surface area contributed by atoms with Crippen LogP contribution in [-0.4, -0.2) is 27.3 Å². The van der Waals surface area contributed by atoms with Crippen LogP contribution in [0.1, 0.15) is 0 Å². The molecule has 0 saturated heterocycles. The Labute approximate surface area is 334 Å². The Balaban J connectivity index is -0.000000133. The molecule has 8 aromatic carbocycles. The fourth-order valence-electron chi connectivity index (χ4n) is 2.43. The Morgan fingerprint density at radius 1 is 0.244 bits per heavy atom. The summed E-state index contributed by atoms with van der Waals surface area (Å²) in [5, 5.41) is 0. The molecule has 0 aliphatic heterocycles. The second kappa shape index (κ2) is 48.7. The molecule has 0 spiro atoms. The summed E-state index contributed by atoms with van der Waals surface area (Å²) in [5.74, 6) is 0. The van der Waals surface area contributed by atoms with Gasteiger partial charge < -0.3 is 30.3 Å². The molecule has 0 atom stereocenters. The first-order valence-corrected chi connectivity index (χ1v) is 13.0. The Bertz CT molecular complexity index is 793. The van der Waals surface area contributed by atoms with E-state index in [9.17, 15) is 0 Å². The summed E-state index contributed by atoms with van der Waals surface area (Å²) >= 11 is 0. The Morgan fingerprint density at radius 2 is 0.378 bits per heavy atom. The van der Waals surface area contributed by atoms with Crippen molar-refractivity contribution in [3.63, 3.8) is 0 Å². The van der Waals surface area contributed by atoms with E-state index in [4.69, 9.17) is 0 Å². The summed E-state index contributed by atoms with van der Waals surface area (Å²) < 4.78 is 0. The van der Waals surface area contributed by atoms with Gasteiger partial charge in [0.15, 0.2) is 0 Å². The van der Waals surface area contributed by atoms with Crippen molar-refractivity contribution in [2.45, 2.75) is 0 Å². The molecule has 0 aliphatic carbocycles. The Hall–Kier alpha value is -2.20. The van der Waals surface area contributed by atoms with Crippen LogP contribution < -0.4 is 0 Å². The third-order valence-electron chi connectivity index (χ3n) is 4.24. The van der Waals surface area contributed by atoms with Crippen LogP contribution in [0.2, 0.25) is 0 Å². The van der Waals surface area contributed by atoms with E-state index in [-0.39, 0.29) is 95.6 Å². The summed E-state index contributed by atoms with van der Waals surface area (Å²) in [5.41, 5.74) is 0. The summed E-state index contributed by atoms with van der Waals surface area (Å²) in [6.45, 7) is 0. The van der Waals surface area contributed by atoms with Crippen molar-refractivity contribution in [2.75, 3.05) is 0 Å². The maximum atomic E-state index is 2.62. The Kier molecular flexibility index (Phi) is 56.6. The first kappa shape index (κ1) is 52.3. The molecule has 0 fully saturated rings. The molecule has 0 saturated carbocycles. The molecule has 45 heavy (non-hydrogen) atoms. The van der Waals surface area contributed by atoms with Gasteiger partial charge in [-0.25, -0.2) is 84.9 Å². The van der Waals surface area contributed by atoms with E-state index in [2.05, 4.69) is 24.3 Å².